The molecule has 16 heavy (non-hydrogen) atoms. The number of carbonyl (C=O) groups is 1. The lowest BCUT2D eigenvalue weighted by atomic mass is 10.1. The van der Waals surface area contributed by atoms with E-state index in [-0.39, 0.29) is 17.1 Å². The van der Waals surface area contributed by atoms with E-state index >= 15 is 0 Å². The number of hydrogen-bond acceptors (Lipinski definition) is 2. The number of hydrogen-bond donors (Lipinski definition) is 0. The molecule has 0 aliphatic carbocycles. The normalized spacial score (nSPS) is 17.4. The first-order valence-electron chi connectivity index (χ1n) is 5.91. The maximum absolute atomic E-state index is 10.9. The molecule has 0 aromatic rings. The highest BCUT2D eigenvalue weighted by Gasteiger charge is 2.39. The third kappa shape index (κ3) is 4.22. The van der Waals surface area contributed by atoms with E-state index in [2.05, 4.69) is 33.9 Å². The van der Waals surface area contributed by atoms with E-state index in [9.17, 15) is 4.79 Å². The molecule has 0 amide bonds. The van der Waals surface area contributed by atoms with Gasteiger partial charge in [-0.3, -0.25) is 0 Å². The Morgan fingerprint density at radius 3 is 2.06 bits per heavy atom. The molecule has 3 heteroatoms. The fourth-order valence-corrected chi connectivity index (χ4v) is 2.43. The van der Waals surface area contributed by atoms with Gasteiger partial charge in [-0.2, -0.15) is 0 Å². The molecular weight excluding hydrogens is 216 g/mol. The number of aldehydes is 1. The maximum atomic E-state index is 10.9. The SMILES string of the molecule is CC=C[C@@H](O[Si](C)(C)C(C)(C)C)[C@H](C)C=O. The Hall–Kier alpha value is -0.413. The van der Waals surface area contributed by atoms with Crippen LogP contribution in [0, 0.1) is 5.92 Å². The summed E-state index contributed by atoms with van der Waals surface area (Å²) in [6, 6.07) is 0. The van der Waals surface area contributed by atoms with E-state index in [1.165, 1.54) is 0 Å². The summed E-state index contributed by atoms with van der Waals surface area (Å²) in [5.41, 5.74) is 0. The summed E-state index contributed by atoms with van der Waals surface area (Å²) in [6.07, 6.45) is 4.83. The minimum atomic E-state index is -1.79. The van der Waals surface area contributed by atoms with Gasteiger partial charge in [0.2, 0.25) is 0 Å². The van der Waals surface area contributed by atoms with Crippen molar-refractivity contribution in [2.75, 3.05) is 0 Å². The Morgan fingerprint density at radius 1 is 1.25 bits per heavy atom. The van der Waals surface area contributed by atoms with Gasteiger partial charge in [-0.25, -0.2) is 0 Å². The van der Waals surface area contributed by atoms with E-state index in [4.69, 9.17) is 4.43 Å². The molecule has 0 rings (SSSR count). The lowest BCUT2D eigenvalue weighted by Gasteiger charge is -2.39. The molecule has 0 aromatic heterocycles. The van der Waals surface area contributed by atoms with Crippen molar-refractivity contribution in [2.45, 2.75) is 58.9 Å². The predicted octanol–water partition coefficient (Wildman–Crippen LogP) is 3.79. The van der Waals surface area contributed by atoms with Gasteiger partial charge in [-0.15, -0.1) is 0 Å². The zero-order chi connectivity index (χ0) is 13.0. The molecule has 0 spiro atoms. The molecule has 0 fully saturated rings. The summed E-state index contributed by atoms with van der Waals surface area (Å²) in [5, 5.41) is 0.176. The molecule has 0 radical (unpaired) electrons. The second kappa shape index (κ2) is 5.78. The summed E-state index contributed by atoms with van der Waals surface area (Å²) in [6.45, 7) is 14.9. The van der Waals surface area contributed by atoms with E-state index in [1.54, 1.807) is 0 Å². The summed E-state index contributed by atoms with van der Waals surface area (Å²) in [7, 11) is -1.79. The minimum absolute atomic E-state index is 0.0784. The average molecular weight is 242 g/mol. The van der Waals surface area contributed by atoms with Crippen molar-refractivity contribution in [2.24, 2.45) is 5.92 Å². The van der Waals surface area contributed by atoms with Crippen LogP contribution in [0.25, 0.3) is 0 Å². The van der Waals surface area contributed by atoms with Gasteiger partial charge in [0.15, 0.2) is 8.32 Å². The van der Waals surface area contributed by atoms with Crippen LogP contribution in [0.4, 0.5) is 0 Å². The molecule has 2 nitrogen and oxygen atoms in total. The Morgan fingerprint density at radius 2 is 1.75 bits per heavy atom. The van der Waals surface area contributed by atoms with Crippen LogP contribution in [-0.4, -0.2) is 20.7 Å². The molecule has 0 saturated heterocycles. The van der Waals surface area contributed by atoms with Gasteiger partial charge in [0.05, 0.1) is 6.10 Å². The molecular formula is C13H26O2Si. The lowest BCUT2D eigenvalue weighted by molar-refractivity contribution is -0.112. The third-order valence-electron chi connectivity index (χ3n) is 3.35. The topological polar surface area (TPSA) is 26.3 Å². The first-order valence-corrected chi connectivity index (χ1v) is 8.82. The van der Waals surface area contributed by atoms with Crippen molar-refractivity contribution in [3.05, 3.63) is 12.2 Å². The first kappa shape index (κ1) is 15.6. The highest BCUT2D eigenvalue weighted by atomic mass is 28.4. The van der Waals surface area contributed by atoms with Crippen molar-refractivity contribution in [1.29, 1.82) is 0 Å². The minimum Gasteiger partial charge on any atom is -0.410 e. The molecule has 0 aliphatic rings. The van der Waals surface area contributed by atoms with Crippen LogP contribution >= 0.6 is 0 Å². The van der Waals surface area contributed by atoms with Crippen LogP contribution in [0.15, 0.2) is 12.2 Å². The molecule has 0 aliphatic heterocycles. The van der Waals surface area contributed by atoms with Crippen LogP contribution in [-0.2, 0) is 9.22 Å². The van der Waals surface area contributed by atoms with Gasteiger partial charge in [0, 0.05) is 5.92 Å². The molecule has 0 heterocycles. The Kier molecular flexibility index (Phi) is 5.63. The molecule has 0 aromatic carbocycles. The van der Waals surface area contributed by atoms with Gasteiger partial charge in [-0.05, 0) is 25.1 Å². The summed E-state index contributed by atoms with van der Waals surface area (Å²) in [4.78, 5) is 10.9. The number of allylic oxidation sites excluding steroid dienone is 1. The highest BCUT2D eigenvalue weighted by molar-refractivity contribution is 6.74. The van der Waals surface area contributed by atoms with Crippen molar-refractivity contribution >= 4 is 14.6 Å². The molecule has 0 unspecified atom stereocenters. The zero-order valence-corrected chi connectivity index (χ0v) is 12.7. The zero-order valence-electron chi connectivity index (χ0n) is 11.7. The second-order valence-corrected chi connectivity index (χ2v) is 10.6. The number of rotatable bonds is 5. The van der Waals surface area contributed by atoms with Gasteiger partial charge >= 0.3 is 0 Å². The van der Waals surface area contributed by atoms with Crippen molar-refractivity contribution in [1.82, 2.24) is 0 Å². The Labute approximate surface area is 101 Å². The molecule has 0 N–H and O–H groups in total. The van der Waals surface area contributed by atoms with E-state index < -0.39 is 8.32 Å². The van der Waals surface area contributed by atoms with Crippen LogP contribution in [0.1, 0.15) is 34.6 Å². The third-order valence-corrected chi connectivity index (χ3v) is 7.83. The lowest BCUT2D eigenvalue weighted by Crippen LogP contribution is -2.45. The standard InChI is InChI=1S/C13H26O2Si/c1-8-9-12(11(2)10-14)15-16(6,7)13(3,4)5/h8-12H,1-7H3/t11-,12-/m1/s1. The molecule has 0 saturated carbocycles. The van der Waals surface area contributed by atoms with Crippen LogP contribution in [0.5, 0.6) is 0 Å². The maximum Gasteiger partial charge on any atom is 0.192 e. The van der Waals surface area contributed by atoms with Gasteiger partial charge in [-0.1, -0.05) is 39.8 Å². The fourth-order valence-electron chi connectivity index (χ4n) is 1.11. The molecule has 94 valence electrons. The van der Waals surface area contributed by atoms with Crippen LogP contribution in [0.3, 0.4) is 0 Å². The quantitative estimate of drug-likeness (QED) is 0.416. The highest BCUT2D eigenvalue weighted by Crippen LogP contribution is 2.38. The Balaban J connectivity index is 4.82. The van der Waals surface area contributed by atoms with Crippen molar-refractivity contribution < 1.29 is 9.22 Å². The van der Waals surface area contributed by atoms with Crippen molar-refractivity contribution in [3.8, 4) is 0 Å². The van der Waals surface area contributed by atoms with Crippen LogP contribution < -0.4 is 0 Å². The Bertz CT molecular complexity index is 251. The van der Waals surface area contributed by atoms with Gasteiger partial charge in [0.25, 0.3) is 0 Å². The molecule has 2 atom stereocenters. The second-order valence-electron chi connectivity index (χ2n) is 5.86. The molecule has 0 bridgehead atoms. The van der Waals surface area contributed by atoms with Crippen LogP contribution in [0.2, 0.25) is 18.1 Å². The van der Waals surface area contributed by atoms with E-state index in [0.717, 1.165) is 6.29 Å². The predicted molar refractivity (Wildman–Crippen MR) is 72.1 cm³/mol. The van der Waals surface area contributed by atoms with Gasteiger partial charge in [0.1, 0.15) is 6.29 Å². The summed E-state index contributed by atoms with van der Waals surface area (Å²) in [5.74, 6) is -0.0784. The summed E-state index contributed by atoms with van der Waals surface area (Å²) >= 11 is 0. The number of carbonyl (C=O) groups excluding carboxylic acids is 1. The van der Waals surface area contributed by atoms with Crippen molar-refractivity contribution in [3.63, 3.8) is 0 Å². The smallest absolute Gasteiger partial charge is 0.192 e. The first-order chi connectivity index (χ1) is 7.15. The monoisotopic (exact) mass is 242 g/mol. The largest absolute Gasteiger partial charge is 0.410 e. The van der Waals surface area contributed by atoms with E-state index in [1.807, 2.05) is 26.0 Å². The average Bonchev–Trinajstić information content (AvgIpc) is 2.14. The van der Waals surface area contributed by atoms with Gasteiger partial charge < -0.3 is 9.22 Å². The van der Waals surface area contributed by atoms with E-state index in [0.29, 0.717) is 0 Å². The summed E-state index contributed by atoms with van der Waals surface area (Å²) < 4.78 is 6.22. The fraction of sp³-hybridized carbons (Fsp3) is 0.769.